The third-order valence-corrected chi connectivity index (χ3v) is 6.21. The molecular formula is C26H21ClN2O2S. The second-order valence-corrected chi connectivity index (χ2v) is 8.82. The zero-order valence-electron chi connectivity index (χ0n) is 17.4. The SMILES string of the molecule is Cc1ccc(Cl)cc1NC(=O)CSc1ccc(NC(=O)c2ccc3ccccc3c2)cc1. The first kappa shape index (κ1) is 21.9. The van der Waals surface area contributed by atoms with Crippen molar-refractivity contribution in [2.45, 2.75) is 11.8 Å². The first-order valence-corrected chi connectivity index (χ1v) is 11.4. The van der Waals surface area contributed by atoms with E-state index in [9.17, 15) is 9.59 Å². The number of hydrogen-bond donors (Lipinski definition) is 2. The molecule has 4 rings (SSSR count). The van der Waals surface area contributed by atoms with Crippen LogP contribution in [0.3, 0.4) is 0 Å². The minimum atomic E-state index is -0.160. The summed E-state index contributed by atoms with van der Waals surface area (Å²) in [6.45, 7) is 1.92. The van der Waals surface area contributed by atoms with E-state index in [1.54, 1.807) is 12.1 Å². The molecular weight excluding hydrogens is 440 g/mol. The molecule has 4 nitrogen and oxygen atoms in total. The van der Waals surface area contributed by atoms with Gasteiger partial charge in [0.25, 0.3) is 5.91 Å². The lowest BCUT2D eigenvalue weighted by Crippen LogP contribution is -2.14. The van der Waals surface area contributed by atoms with Crippen LogP contribution in [0.25, 0.3) is 10.8 Å². The van der Waals surface area contributed by atoms with Crippen LogP contribution in [0.15, 0.2) is 89.8 Å². The Morgan fingerprint density at radius 3 is 2.38 bits per heavy atom. The lowest BCUT2D eigenvalue weighted by atomic mass is 10.1. The highest BCUT2D eigenvalue weighted by Gasteiger charge is 2.09. The largest absolute Gasteiger partial charge is 0.325 e. The molecule has 0 fully saturated rings. The third-order valence-electron chi connectivity index (χ3n) is 4.97. The summed E-state index contributed by atoms with van der Waals surface area (Å²) < 4.78 is 0. The van der Waals surface area contributed by atoms with Crippen molar-refractivity contribution in [3.63, 3.8) is 0 Å². The van der Waals surface area contributed by atoms with E-state index in [0.29, 0.717) is 16.3 Å². The Morgan fingerprint density at radius 1 is 0.844 bits per heavy atom. The van der Waals surface area contributed by atoms with Gasteiger partial charge in [-0.1, -0.05) is 48.0 Å². The van der Waals surface area contributed by atoms with Gasteiger partial charge in [0, 0.05) is 26.9 Å². The smallest absolute Gasteiger partial charge is 0.255 e. The van der Waals surface area contributed by atoms with Gasteiger partial charge < -0.3 is 10.6 Å². The highest BCUT2D eigenvalue weighted by Crippen LogP contribution is 2.23. The predicted octanol–water partition coefficient (Wildman–Crippen LogP) is 6.78. The van der Waals surface area contributed by atoms with Crippen molar-refractivity contribution < 1.29 is 9.59 Å². The first-order valence-electron chi connectivity index (χ1n) is 10.1. The van der Waals surface area contributed by atoms with Crippen LogP contribution in [0.2, 0.25) is 5.02 Å². The highest BCUT2D eigenvalue weighted by atomic mass is 35.5. The minimum absolute atomic E-state index is 0.103. The number of halogens is 1. The van der Waals surface area contributed by atoms with E-state index in [4.69, 9.17) is 11.6 Å². The summed E-state index contributed by atoms with van der Waals surface area (Å²) in [5.41, 5.74) is 2.98. The summed E-state index contributed by atoms with van der Waals surface area (Å²) in [7, 11) is 0. The van der Waals surface area contributed by atoms with Gasteiger partial charge in [0.1, 0.15) is 0 Å². The van der Waals surface area contributed by atoms with Crippen molar-refractivity contribution in [1.82, 2.24) is 0 Å². The van der Waals surface area contributed by atoms with Gasteiger partial charge in [-0.3, -0.25) is 9.59 Å². The van der Waals surface area contributed by atoms with E-state index in [0.717, 1.165) is 26.9 Å². The number of anilines is 2. The Morgan fingerprint density at radius 2 is 1.59 bits per heavy atom. The molecule has 0 saturated carbocycles. The van der Waals surface area contributed by atoms with Gasteiger partial charge in [-0.25, -0.2) is 0 Å². The molecule has 0 spiro atoms. The average molecular weight is 461 g/mol. The molecule has 0 heterocycles. The first-order chi connectivity index (χ1) is 15.5. The minimum Gasteiger partial charge on any atom is -0.325 e. The summed E-state index contributed by atoms with van der Waals surface area (Å²) in [6, 6.07) is 26.4. The highest BCUT2D eigenvalue weighted by molar-refractivity contribution is 8.00. The molecule has 160 valence electrons. The van der Waals surface area contributed by atoms with Gasteiger partial charge in [-0.05, 0) is 71.8 Å². The number of fused-ring (bicyclic) bond motifs is 1. The van der Waals surface area contributed by atoms with Crippen LogP contribution < -0.4 is 10.6 Å². The molecule has 6 heteroatoms. The lowest BCUT2D eigenvalue weighted by Gasteiger charge is -2.09. The standard InChI is InChI=1S/C26H21ClN2O2S/c1-17-6-9-21(27)15-24(17)29-25(30)16-32-23-12-10-22(11-13-23)28-26(31)20-8-7-18-4-2-3-5-19(18)14-20/h2-15H,16H2,1H3,(H,28,31)(H,29,30). The Balaban J connectivity index is 1.33. The monoisotopic (exact) mass is 460 g/mol. The summed E-state index contributed by atoms with van der Waals surface area (Å²) in [4.78, 5) is 25.8. The number of carbonyl (C=O) groups excluding carboxylic acids is 2. The lowest BCUT2D eigenvalue weighted by molar-refractivity contribution is -0.113. The maximum absolute atomic E-state index is 12.6. The summed E-state index contributed by atoms with van der Waals surface area (Å²) in [6.07, 6.45) is 0. The molecule has 0 unspecified atom stereocenters. The second kappa shape index (κ2) is 9.90. The summed E-state index contributed by atoms with van der Waals surface area (Å²) in [5.74, 6) is 0.0100. The normalized spacial score (nSPS) is 10.7. The van der Waals surface area contributed by atoms with Gasteiger partial charge in [0.2, 0.25) is 5.91 Å². The van der Waals surface area contributed by atoms with Crippen molar-refractivity contribution in [3.05, 3.63) is 101 Å². The Bertz CT molecular complexity index is 1290. The van der Waals surface area contributed by atoms with E-state index in [1.165, 1.54) is 11.8 Å². The molecule has 0 aliphatic heterocycles. The zero-order chi connectivity index (χ0) is 22.5. The van der Waals surface area contributed by atoms with E-state index in [-0.39, 0.29) is 17.6 Å². The van der Waals surface area contributed by atoms with E-state index in [1.807, 2.05) is 79.7 Å². The van der Waals surface area contributed by atoms with Crippen molar-refractivity contribution >= 4 is 57.3 Å². The number of benzene rings is 4. The fourth-order valence-corrected chi connectivity index (χ4v) is 4.10. The molecule has 0 atom stereocenters. The number of amides is 2. The Labute approximate surface area is 196 Å². The maximum atomic E-state index is 12.6. The Kier molecular flexibility index (Phi) is 6.78. The van der Waals surface area contributed by atoms with Gasteiger partial charge in [0.05, 0.1) is 5.75 Å². The number of thioether (sulfide) groups is 1. The van der Waals surface area contributed by atoms with Crippen LogP contribution in [-0.2, 0) is 4.79 Å². The molecule has 0 saturated heterocycles. The quantitative estimate of drug-likeness (QED) is 0.311. The fourth-order valence-electron chi connectivity index (χ4n) is 3.23. The molecule has 2 N–H and O–H groups in total. The number of nitrogens with one attached hydrogen (secondary N) is 2. The topological polar surface area (TPSA) is 58.2 Å². The second-order valence-electron chi connectivity index (χ2n) is 7.34. The molecule has 0 aliphatic carbocycles. The number of carbonyl (C=O) groups is 2. The van der Waals surface area contributed by atoms with Crippen molar-refractivity contribution in [2.75, 3.05) is 16.4 Å². The molecule has 0 aliphatic rings. The molecule has 4 aromatic rings. The van der Waals surface area contributed by atoms with Crippen molar-refractivity contribution in [1.29, 1.82) is 0 Å². The van der Waals surface area contributed by atoms with Crippen LogP contribution >= 0.6 is 23.4 Å². The van der Waals surface area contributed by atoms with Gasteiger partial charge >= 0.3 is 0 Å². The molecule has 4 aromatic carbocycles. The number of rotatable bonds is 6. The van der Waals surface area contributed by atoms with Crippen LogP contribution in [-0.4, -0.2) is 17.6 Å². The molecule has 32 heavy (non-hydrogen) atoms. The van der Waals surface area contributed by atoms with E-state index in [2.05, 4.69) is 10.6 Å². The van der Waals surface area contributed by atoms with E-state index >= 15 is 0 Å². The molecule has 0 aromatic heterocycles. The Hall–Kier alpha value is -3.28. The molecule has 2 amide bonds. The van der Waals surface area contributed by atoms with Crippen LogP contribution in [0.1, 0.15) is 15.9 Å². The van der Waals surface area contributed by atoms with E-state index < -0.39 is 0 Å². The maximum Gasteiger partial charge on any atom is 0.255 e. The van der Waals surface area contributed by atoms with Crippen molar-refractivity contribution in [2.24, 2.45) is 0 Å². The summed E-state index contributed by atoms with van der Waals surface area (Å²) >= 11 is 7.43. The average Bonchev–Trinajstić information content (AvgIpc) is 2.80. The molecule has 0 bridgehead atoms. The van der Waals surface area contributed by atoms with Gasteiger partial charge in [0.15, 0.2) is 0 Å². The predicted molar refractivity (Wildman–Crippen MR) is 134 cm³/mol. The van der Waals surface area contributed by atoms with Crippen molar-refractivity contribution in [3.8, 4) is 0 Å². The fraction of sp³-hybridized carbons (Fsp3) is 0.0769. The van der Waals surface area contributed by atoms with Crippen LogP contribution in [0.4, 0.5) is 11.4 Å². The molecule has 0 radical (unpaired) electrons. The van der Waals surface area contributed by atoms with Crippen LogP contribution in [0, 0.1) is 6.92 Å². The van der Waals surface area contributed by atoms with Gasteiger partial charge in [-0.2, -0.15) is 0 Å². The zero-order valence-corrected chi connectivity index (χ0v) is 19.0. The number of aryl methyl sites for hydroxylation is 1. The summed E-state index contributed by atoms with van der Waals surface area (Å²) in [5, 5.41) is 8.51. The third kappa shape index (κ3) is 5.49. The number of hydrogen-bond acceptors (Lipinski definition) is 3. The van der Waals surface area contributed by atoms with Gasteiger partial charge in [-0.15, -0.1) is 11.8 Å². The van der Waals surface area contributed by atoms with Crippen LogP contribution in [0.5, 0.6) is 0 Å².